The van der Waals surface area contributed by atoms with Crippen LogP contribution in [-0.2, 0) is 21.5 Å². The maximum absolute atomic E-state index is 10.7. The number of hydrogen-bond acceptors (Lipinski definition) is 3. The molecule has 1 atom stereocenters. The molecule has 0 fully saturated rings. The van der Waals surface area contributed by atoms with Crippen molar-refractivity contribution < 1.29 is 26.1 Å². The summed E-state index contributed by atoms with van der Waals surface area (Å²) in [5, 5.41) is 0. The van der Waals surface area contributed by atoms with Crippen molar-refractivity contribution in [3.8, 4) is 0 Å². The van der Waals surface area contributed by atoms with Gasteiger partial charge >= 0.3 is 15.6 Å². The third-order valence-electron chi connectivity index (χ3n) is 2.08. The second-order valence-electron chi connectivity index (χ2n) is 3.60. The van der Waals surface area contributed by atoms with E-state index in [9.17, 15) is 13.2 Å². The quantitative estimate of drug-likeness (QED) is 0.367. The topological polar surface area (TPSA) is 54.4 Å². The summed E-state index contributed by atoms with van der Waals surface area (Å²) in [6.45, 7) is 4.61. The monoisotopic (exact) mass is 325 g/mol. The maximum atomic E-state index is 10.7. The van der Waals surface area contributed by atoms with Gasteiger partial charge in [-0.05, 0) is 6.42 Å². The van der Waals surface area contributed by atoms with Gasteiger partial charge < -0.3 is 0 Å². The summed E-state index contributed by atoms with van der Waals surface area (Å²) in [6.07, 6.45) is 2.70. The van der Waals surface area contributed by atoms with Crippen LogP contribution < -0.4 is 0 Å². The van der Waals surface area contributed by atoms with Crippen LogP contribution >= 0.6 is 11.8 Å². The summed E-state index contributed by atoms with van der Waals surface area (Å²) in [6, 6.07) is 0. The van der Waals surface area contributed by atoms with Crippen molar-refractivity contribution in [2.75, 3.05) is 11.5 Å². The maximum Gasteiger partial charge on any atom is 0.522 e. The Balaban J connectivity index is 0.000000331. The van der Waals surface area contributed by atoms with Crippen LogP contribution in [0.2, 0.25) is 0 Å². The minimum atomic E-state index is -5.84. The zero-order chi connectivity index (χ0) is 14.4. The molecule has 0 spiro atoms. The van der Waals surface area contributed by atoms with E-state index < -0.39 is 15.6 Å². The van der Waals surface area contributed by atoms with Crippen molar-refractivity contribution in [1.82, 2.24) is 0 Å². The summed E-state index contributed by atoms with van der Waals surface area (Å²) in [5.41, 5.74) is -5.53. The fourth-order valence-electron chi connectivity index (χ4n) is 0.897. The summed E-state index contributed by atoms with van der Waals surface area (Å²) < 4.78 is 59.2. The molecule has 1 aliphatic rings. The van der Waals surface area contributed by atoms with E-state index in [2.05, 4.69) is 37.0 Å². The van der Waals surface area contributed by atoms with E-state index in [0.717, 1.165) is 5.92 Å². The van der Waals surface area contributed by atoms with Crippen molar-refractivity contribution in [1.29, 1.82) is 0 Å². The summed E-state index contributed by atoms with van der Waals surface area (Å²) in [4.78, 5) is 0. The van der Waals surface area contributed by atoms with Crippen LogP contribution in [0.3, 0.4) is 0 Å². The Bertz CT molecular complexity index is 376. The fraction of sp³-hybridized carbons (Fsp3) is 0.889. The van der Waals surface area contributed by atoms with Gasteiger partial charge in [0.1, 0.15) is 0 Å². The zero-order valence-corrected chi connectivity index (χ0v) is 12.5. The molecule has 1 rings (SSSR count). The lowest BCUT2D eigenvalue weighted by molar-refractivity contribution is -0.0510. The Labute approximate surface area is 113 Å². The van der Waals surface area contributed by atoms with E-state index in [1.807, 2.05) is 0 Å². The second kappa shape index (κ2) is 7.66. The van der Waals surface area contributed by atoms with Gasteiger partial charge in [-0.1, -0.05) is 25.6 Å². The average Bonchev–Trinajstić information content (AvgIpc) is 2.27. The molecule has 3 nitrogen and oxygen atoms in total. The molecule has 0 radical (unpaired) electrons. The van der Waals surface area contributed by atoms with Crippen LogP contribution in [0.1, 0.15) is 26.7 Å². The van der Waals surface area contributed by atoms with Crippen LogP contribution in [0.5, 0.6) is 0 Å². The fourth-order valence-corrected chi connectivity index (χ4v) is 3.80. The lowest BCUT2D eigenvalue weighted by Crippen LogP contribution is -2.21. The van der Waals surface area contributed by atoms with Gasteiger partial charge in [-0.25, -0.2) is 0 Å². The smallest absolute Gasteiger partial charge is 0.279 e. The molecule has 0 aromatic rings. The Morgan fingerprint density at radius 3 is 2.28 bits per heavy atom. The minimum absolute atomic E-state index is 0.829. The first-order valence-corrected chi connectivity index (χ1v) is 8.67. The molecule has 0 amide bonds. The van der Waals surface area contributed by atoms with E-state index in [4.69, 9.17) is 13.0 Å². The molecule has 0 aromatic heterocycles. The Morgan fingerprint density at radius 2 is 2.00 bits per heavy atom. The third-order valence-corrected chi connectivity index (χ3v) is 5.74. The van der Waals surface area contributed by atoms with Crippen LogP contribution in [-0.4, -0.2) is 34.2 Å². The third kappa shape index (κ3) is 6.91. The van der Waals surface area contributed by atoms with Crippen molar-refractivity contribution >= 4 is 37.4 Å². The molecule has 0 aromatic carbocycles. The number of alkyl halides is 3. The van der Waals surface area contributed by atoms with Crippen molar-refractivity contribution in [2.45, 2.75) is 32.2 Å². The lowest BCUT2D eigenvalue weighted by Gasteiger charge is -2.06. The van der Waals surface area contributed by atoms with Gasteiger partial charge in [-0.2, -0.15) is 21.6 Å². The highest BCUT2D eigenvalue weighted by Gasteiger charge is 2.44. The van der Waals surface area contributed by atoms with Gasteiger partial charge in [0.15, 0.2) is 17.1 Å². The molecule has 1 N–H and O–H groups in total. The number of thioether (sulfide) groups is 1. The van der Waals surface area contributed by atoms with E-state index in [1.165, 1.54) is 24.3 Å². The Hall–Kier alpha value is 0.140. The highest BCUT2D eigenvalue weighted by atomic mass is 32.2. The first-order chi connectivity index (χ1) is 8.09. The van der Waals surface area contributed by atoms with E-state index in [0.29, 0.717) is 0 Å². The van der Waals surface area contributed by atoms with Crippen LogP contribution in [0.15, 0.2) is 0 Å². The Morgan fingerprint density at radius 1 is 1.50 bits per heavy atom. The molecule has 1 unspecified atom stereocenters. The summed E-state index contributed by atoms with van der Waals surface area (Å²) in [7, 11) is -5.84. The number of hydrogen-bond donors (Lipinski definition) is 1. The molecule has 9 heteroatoms. The SMILES string of the molecule is CCC(C)C1=[S+]CCCS1.O=S(=O)(O)C(F)(F)F. The van der Waals surface area contributed by atoms with Gasteiger partial charge in [0.05, 0.1) is 0 Å². The molecular weight excluding hydrogens is 309 g/mol. The molecule has 0 bridgehead atoms. The van der Waals surface area contributed by atoms with Gasteiger partial charge in [0.25, 0.3) is 0 Å². The predicted octanol–water partition coefficient (Wildman–Crippen LogP) is 2.78. The summed E-state index contributed by atoms with van der Waals surface area (Å²) >= 11 is 4.15. The van der Waals surface area contributed by atoms with Crippen LogP contribution in [0.4, 0.5) is 13.2 Å². The lowest BCUT2D eigenvalue weighted by atomic mass is 10.2. The minimum Gasteiger partial charge on any atom is -0.279 e. The highest BCUT2D eigenvalue weighted by Crippen LogP contribution is 2.20. The highest BCUT2D eigenvalue weighted by molar-refractivity contribution is 8.22. The van der Waals surface area contributed by atoms with Crippen molar-refractivity contribution in [2.24, 2.45) is 5.92 Å². The largest absolute Gasteiger partial charge is 0.522 e. The number of halogens is 3. The Kier molecular flexibility index (Phi) is 7.72. The van der Waals surface area contributed by atoms with Gasteiger partial charge in [0, 0.05) is 18.1 Å². The predicted molar refractivity (Wildman–Crippen MR) is 71.4 cm³/mol. The zero-order valence-electron chi connectivity index (χ0n) is 10.0. The molecule has 1 aliphatic heterocycles. The molecule has 18 heavy (non-hydrogen) atoms. The standard InChI is InChI=1S/C8H15S2.CHF3O3S/c1-3-7(2)8-9-5-4-6-10-8;2-1(3,4)8(5,6)7/h7H,3-6H2,1-2H3;(H,5,6,7)/q+1;. The van der Waals surface area contributed by atoms with E-state index >= 15 is 0 Å². The second-order valence-corrected chi connectivity index (χ2v) is 7.54. The molecule has 0 saturated carbocycles. The van der Waals surface area contributed by atoms with E-state index in [-0.39, 0.29) is 0 Å². The number of rotatable bonds is 2. The molecule has 1 heterocycles. The van der Waals surface area contributed by atoms with Gasteiger partial charge in [0.2, 0.25) is 4.20 Å². The molecule has 0 saturated heterocycles. The van der Waals surface area contributed by atoms with Crippen LogP contribution in [0.25, 0.3) is 0 Å². The van der Waals surface area contributed by atoms with Crippen LogP contribution in [0, 0.1) is 5.92 Å². The molecule has 0 aliphatic carbocycles. The first kappa shape index (κ1) is 18.1. The normalized spacial score (nSPS) is 18.4. The van der Waals surface area contributed by atoms with Gasteiger partial charge in [-0.3, -0.25) is 4.55 Å². The van der Waals surface area contributed by atoms with Gasteiger partial charge in [-0.15, -0.1) is 0 Å². The average molecular weight is 325 g/mol. The molecular formula is C9H16F3O3S3+. The molecule has 108 valence electrons. The summed E-state index contributed by atoms with van der Waals surface area (Å²) in [5.74, 6) is 3.54. The van der Waals surface area contributed by atoms with Crippen molar-refractivity contribution in [3.05, 3.63) is 0 Å². The first-order valence-electron chi connectivity index (χ1n) is 5.25. The van der Waals surface area contributed by atoms with Crippen molar-refractivity contribution in [3.63, 3.8) is 0 Å². The van der Waals surface area contributed by atoms with E-state index in [1.54, 1.807) is 4.20 Å².